The topological polar surface area (TPSA) is 341 Å². The second-order valence-electron chi connectivity index (χ2n) is 33.7. The highest BCUT2D eigenvalue weighted by molar-refractivity contribution is 6.40. The number of hydrogen-bond donors (Lipinski definition) is 6. The fraction of sp³-hybridized carbons (Fsp3) is 0.100. The molecule has 0 bridgehead atoms. The summed E-state index contributed by atoms with van der Waals surface area (Å²) in [6.45, 7) is 22.7. The Morgan fingerprint density at radius 3 is 0.776 bits per heavy atom. The average Bonchev–Trinajstić information content (AvgIpc) is 0.788. The molecule has 6 aromatic heterocycles. The number of aromatic hydroxyl groups is 6. The Balaban J connectivity index is 0.000000144. The van der Waals surface area contributed by atoms with Crippen LogP contribution in [0.25, 0.3) is 134 Å². The van der Waals surface area contributed by atoms with Crippen LogP contribution in [-0.4, -0.2) is 60.5 Å². The Labute approximate surface area is 855 Å². The van der Waals surface area contributed by atoms with Gasteiger partial charge in [-0.15, -0.1) is 0 Å². The van der Waals surface area contributed by atoms with E-state index in [1.807, 2.05) is 233 Å². The molecule has 0 saturated carbocycles. The number of nitrogens with zero attached hydrogens (tertiary/aromatic N) is 12. The summed E-state index contributed by atoms with van der Waals surface area (Å²) in [6, 6.07) is 103. The molecular weight excluding hydrogens is 1880 g/mol. The summed E-state index contributed by atoms with van der Waals surface area (Å²) in [6.07, 6.45) is 0. The highest BCUT2D eigenvalue weighted by atomic mass is 35.5. The van der Waals surface area contributed by atoms with Crippen LogP contribution in [0, 0.1) is 151 Å². The Bertz CT molecular complexity index is 8030. The number of pyridine rings is 6. The van der Waals surface area contributed by atoms with Crippen LogP contribution in [-0.2, 0) is 0 Å². The monoisotopic (exact) mass is 1970 g/mol. The maximum atomic E-state index is 9.70. The third-order valence-corrected chi connectivity index (χ3v) is 25.3. The molecule has 18 aromatic rings. The molecule has 0 aliphatic carbocycles. The van der Waals surface area contributed by atoms with E-state index in [1.165, 1.54) is 0 Å². The van der Waals surface area contributed by atoms with Crippen molar-refractivity contribution in [1.29, 1.82) is 31.6 Å². The van der Waals surface area contributed by atoms with Gasteiger partial charge in [-0.2, -0.15) is 31.6 Å². The molecule has 0 atom stereocenters. The molecule has 6 N–H and O–H groups in total. The average molecular weight is 1970 g/mol. The molecule has 702 valence electrons. The van der Waals surface area contributed by atoms with E-state index in [4.69, 9.17) is 58.0 Å². The Morgan fingerprint density at radius 2 is 0.462 bits per heavy atom. The largest absolute Gasteiger partial charge is 0.508 e. The standard InChI is InChI=1S/C20H14Cl2N2O.3C20H15ClN2O.2C20H16N2O/c1-11-3-8-17(21)19(20(11)22)15-9-18(24-12(2)16(15)10-23)13-4-6-14(25)7-5-13;1-12-3-8-16(19(21)9-12)17-10-20(23-13(2)18(17)11-22)14-4-6-15(24)7-5-14;1-12-4-3-5-16(20(12)21)17-10-19(23-13(2)18(17)11-22)14-6-8-15(24)9-7-14;1-12-6-7-16(19(21)8-12)17-10-20(23-13(2)18(17)11-22)14-4-3-5-15(24)9-14;2*1-13-4-3-5-16(10-13)18-11-20(22-14(2)19(18)12-21)15-6-8-17(23)9-7-15/h3-9,25H,1-2H3;3*3-10,24H,1-2H3;2*3-11,23H,1-2H3. The minimum absolute atomic E-state index is 0.172. The number of rotatable bonds is 12. The third-order valence-electron chi connectivity index (χ3n) is 23.4. The molecule has 6 heterocycles. The van der Waals surface area contributed by atoms with Crippen LogP contribution in [0.3, 0.4) is 0 Å². The van der Waals surface area contributed by atoms with Crippen LogP contribution < -0.4 is 0 Å². The van der Waals surface area contributed by atoms with Gasteiger partial charge >= 0.3 is 0 Å². The van der Waals surface area contributed by atoms with E-state index in [2.05, 4.69) is 78.5 Å². The SMILES string of the molecule is Cc1ccc(-c2cc(-c3ccc(O)cc3)nc(C)c2C#N)c(Cl)c1.Cc1ccc(-c2cc(-c3cccc(O)c3)nc(C)c2C#N)c(Cl)c1.Cc1ccc(Cl)c(-c2cc(-c3ccc(O)cc3)nc(C)c2C#N)c1Cl.Cc1cccc(-c2cc(-c3ccc(O)cc3)nc(C)c2C#N)c1.Cc1cccc(-c2cc(-c3ccc(O)cc3)nc(C)c2C#N)c1.Cc1cccc(-c2cc(-c3ccc(O)cc3)nc(C)c2C#N)c1Cl. The van der Waals surface area contributed by atoms with Crippen LogP contribution in [0.1, 0.15) is 101 Å². The zero-order valence-corrected chi connectivity index (χ0v) is 83.5. The fourth-order valence-electron chi connectivity index (χ4n) is 15.9. The van der Waals surface area contributed by atoms with Gasteiger partial charge in [-0.05, 0) is 305 Å². The lowest BCUT2D eigenvalue weighted by Gasteiger charge is -2.14. The molecule has 0 aliphatic heterocycles. The number of aromatic nitrogens is 6. The number of benzene rings is 12. The van der Waals surface area contributed by atoms with Crippen LogP contribution in [0.5, 0.6) is 34.5 Å². The molecule has 143 heavy (non-hydrogen) atoms. The second kappa shape index (κ2) is 46.5. The molecule has 0 aliphatic rings. The molecule has 0 spiro atoms. The first-order valence-electron chi connectivity index (χ1n) is 44.7. The van der Waals surface area contributed by atoms with Gasteiger partial charge in [0.05, 0.1) is 112 Å². The zero-order chi connectivity index (χ0) is 103. The lowest BCUT2D eigenvalue weighted by atomic mass is 9.96. The summed E-state index contributed by atoms with van der Waals surface area (Å²) in [4.78, 5) is 27.2. The Hall–Kier alpha value is -17.3. The summed E-state index contributed by atoms with van der Waals surface area (Å²) >= 11 is 32.1. The first-order chi connectivity index (χ1) is 68.6. The molecule has 0 fully saturated rings. The molecule has 0 unspecified atom stereocenters. The van der Waals surface area contributed by atoms with E-state index in [9.17, 15) is 62.2 Å². The van der Waals surface area contributed by atoms with Crippen molar-refractivity contribution in [3.05, 3.63) is 423 Å². The highest BCUT2D eigenvalue weighted by Crippen LogP contribution is 2.44. The van der Waals surface area contributed by atoms with E-state index in [-0.39, 0.29) is 34.5 Å². The van der Waals surface area contributed by atoms with Crippen molar-refractivity contribution < 1.29 is 30.6 Å². The molecule has 18 rings (SSSR count). The molecule has 18 nitrogen and oxygen atoms in total. The lowest BCUT2D eigenvalue weighted by Crippen LogP contribution is -1.97. The van der Waals surface area contributed by atoms with Gasteiger partial charge < -0.3 is 30.6 Å². The number of phenols is 6. The first kappa shape index (κ1) is 103. The van der Waals surface area contributed by atoms with Crippen molar-refractivity contribution in [3.8, 4) is 205 Å². The molecular formula is C120H91Cl5N12O6. The minimum atomic E-state index is 0.172. The van der Waals surface area contributed by atoms with Crippen LogP contribution in [0.4, 0.5) is 0 Å². The maximum Gasteiger partial charge on any atom is 0.116 e. The first-order valence-corrected chi connectivity index (χ1v) is 46.6. The predicted molar refractivity (Wildman–Crippen MR) is 571 cm³/mol. The second-order valence-corrected chi connectivity index (χ2v) is 35.7. The summed E-state index contributed by atoms with van der Waals surface area (Å²) < 4.78 is 0. The molecule has 0 saturated heterocycles. The fourth-order valence-corrected chi connectivity index (χ4v) is 17.4. The number of nitriles is 6. The van der Waals surface area contributed by atoms with E-state index in [0.29, 0.717) is 115 Å². The van der Waals surface area contributed by atoms with Gasteiger partial charge in [-0.1, -0.05) is 178 Å². The van der Waals surface area contributed by atoms with E-state index < -0.39 is 0 Å². The van der Waals surface area contributed by atoms with Gasteiger partial charge in [-0.3, -0.25) is 29.9 Å². The van der Waals surface area contributed by atoms with Gasteiger partial charge in [0.25, 0.3) is 0 Å². The quantitative estimate of drug-likeness (QED) is 0.0662. The van der Waals surface area contributed by atoms with E-state index >= 15 is 0 Å². The van der Waals surface area contributed by atoms with Crippen molar-refractivity contribution in [2.75, 3.05) is 0 Å². The summed E-state index contributed by atoms with van der Waals surface area (Å²) in [5.41, 5.74) is 32.7. The zero-order valence-electron chi connectivity index (χ0n) is 79.7. The Morgan fingerprint density at radius 1 is 0.196 bits per heavy atom. The number of aryl methyl sites for hydroxylation is 12. The van der Waals surface area contributed by atoms with Crippen LogP contribution in [0.2, 0.25) is 25.1 Å². The molecule has 23 heteroatoms. The van der Waals surface area contributed by atoms with Crippen molar-refractivity contribution >= 4 is 58.0 Å². The van der Waals surface area contributed by atoms with Crippen molar-refractivity contribution in [3.63, 3.8) is 0 Å². The molecule has 0 amide bonds. The molecule has 0 radical (unpaired) electrons. The van der Waals surface area contributed by atoms with Gasteiger partial charge in [0.1, 0.15) is 70.9 Å². The van der Waals surface area contributed by atoms with Crippen molar-refractivity contribution in [1.82, 2.24) is 29.9 Å². The van der Waals surface area contributed by atoms with Crippen molar-refractivity contribution in [2.45, 2.75) is 83.1 Å². The number of phenolic OH excluding ortho intramolecular Hbond substituents is 6. The highest BCUT2D eigenvalue weighted by Gasteiger charge is 2.24. The summed E-state index contributed by atoms with van der Waals surface area (Å²) in [5.74, 6) is 1.19. The van der Waals surface area contributed by atoms with Gasteiger partial charge in [0.15, 0.2) is 0 Å². The van der Waals surface area contributed by atoms with Gasteiger partial charge in [-0.25, -0.2) is 0 Å². The molecule has 12 aromatic carbocycles. The van der Waals surface area contributed by atoms with Crippen molar-refractivity contribution in [2.24, 2.45) is 0 Å². The predicted octanol–water partition coefficient (Wildman–Crippen LogP) is 30.9. The normalized spacial score (nSPS) is 10.4. The summed E-state index contributed by atoms with van der Waals surface area (Å²) in [5, 5.41) is 117. The maximum absolute atomic E-state index is 9.70. The summed E-state index contributed by atoms with van der Waals surface area (Å²) in [7, 11) is 0. The third kappa shape index (κ3) is 24.7. The van der Waals surface area contributed by atoms with Gasteiger partial charge in [0.2, 0.25) is 0 Å². The lowest BCUT2D eigenvalue weighted by molar-refractivity contribution is 0.475. The van der Waals surface area contributed by atoms with E-state index in [1.54, 1.807) is 135 Å². The van der Waals surface area contributed by atoms with E-state index in [0.717, 1.165) is 145 Å². The van der Waals surface area contributed by atoms with Crippen LogP contribution in [0.15, 0.2) is 297 Å². The van der Waals surface area contributed by atoms with Gasteiger partial charge in [0, 0.05) is 104 Å². The number of hydrogen-bond acceptors (Lipinski definition) is 18. The number of halogens is 5. The minimum Gasteiger partial charge on any atom is -0.508 e. The smallest absolute Gasteiger partial charge is 0.116 e. The van der Waals surface area contributed by atoms with Crippen LogP contribution >= 0.6 is 58.0 Å². The Kier molecular flexibility index (Phi) is 33.5.